The molecule has 118 valence electrons. The summed E-state index contributed by atoms with van der Waals surface area (Å²) in [6.45, 7) is 3.63. The summed E-state index contributed by atoms with van der Waals surface area (Å²) in [4.78, 5) is 12.3. The first-order valence-corrected chi connectivity index (χ1v) is 6.94. The summed E-state index contributed by atoms with van der Waals surface area (Å²) >= 11 is 0. The predicted octanol–water partition coefficient (Wildman–Crippen LogP) is 3.26. The van der Waals surface area contributed by atoms with E-state index >= 15 is 0 Å². The third kappa shape index (κ3) is 2.80. The average Bonchev–Trinajstić information content (AvgIpc) is 3.08. The van der Waals surface area contributed by atoms with E-state index in [0.717, 1.165) is 11.8 Å². The molecule has 0 aliphatic heterocycles. The van der Waals surface area contributed by atoms with Gasteiger partial charge in [-0.25, -0.2) is 4.39 Å². The Labute approximate surface area is 131 Å². The Balaban J connectivity index is 1.88. The van der Waals surface area contributed by atoms with Crippen LogP contribution in [-0.4, -0.2) is 16.1 Å². The Morgan fingerprint density at radius 2 is 2.09 bits per heavy atom. The van der Waals surface area contributed by atoms with Gasteiger partial charge in [0.15, 0.2) is 11.6 Å². The van der Waals surface area contributed by atoms with Gasteiger partial charge in [0.05, 0.1) is 5.56 Å². The van der Waals surface area contributed by atoms with Crippen LogP contribution < -0.4 is 11.1 Å². The molecule has 6 nitrogen and oxygen atoms in total. The zero-order valence-electron chi connectivity index (χ0n) is 12.6. The molecule has 0 spiro atoms. The predicted molar refractivity (Wildman–Crippen MR) is 84.5 cm³/mol. The standard InChI is InChI=1S/C16H15FN4O2/c1-8-3-6-13(23-8)14-9(2)15(21-20-14)19-16(22)11-7-10(17)4-5-12(11)18/h3-7H,18H2,1-2H3,(H2,19,20,21,22). The maximum atomic E-state index is 13.3. The van der Waals surface area contributed by atoms with Crippen LogP contribution in [0.25, 0.3) is 11.5 Å². The minimum absolute atomic E-state index is 0.0581. The number of nitrogens with two attached hydrogens (primary N) is 1. The van der Waals surface area contributed by atoms with Crippen LogP contribution in [0.3, 0.4) is 0 Å². The molecule has 2 heterocycles. The molecule has 3 rings (SSSR count). The Hall–Kier alpha value is -3.09. The largest absolute Gasteiger partial charge is 0.460 e. The SMILES string of the molecule is Cc1ccc(-c2[nH]nc(NC(=O)c3cc(F)ccc3N)c2C)o1. The molecule has 0 bridgehead atoms. The summed E-state index contributed by atoms with van der Waals surface area (Å²) in [5.41, 5.74) is 7.34. The highest BCUT2D eigenvalue weighted by molar-refractivity contribution is 6.07. The number of aromatic nitrogens is 2. The molecular weight excluding hydrogens is 299 g/mol. The zero-order valence-corrected chi connectivity index (χ0v) is 12.6. The van der Waals surface area contributed by atoms with Gasteiger partial charge in [0.2, 0.25) is 0 Å². The van der Waals surface area contributed by atoms with Crippen molar-refractivity contribution in [1.29, 1.82) is 0 Å². The Kier molecular flexibility index (Phi) is 3.61. The van der Waals surface area contributed by atoms with Gasteiger partial charge in [-0.2, -0.15) is 5.10 Å². The molecule has 0 aliphatic rings. The topological polar surface area (TPSA) is 96.9 Å². The summed E-state index contributed by atoms with van der Waals surface area (Å²) in [5, 5.41) is 9.51. The van der Waals surface area contributed by atoms with Crippen molar-refractivity contribution in [2.24, 2.45) is 0 Å². The van der Waals surface area contributed by atoms with E-state index in [4.69, 9.17) is 10.2 Å². The van der Waals surface area contributed by atoms with E-state index in [-0.39, 0.29) is 11.3 Å². The monoisotopic (exact) mass is 314 g/mol. The number of anilines is 2. The van der Waals surface area contributed by atoms with Crippen LogP contribution in [0, 0.1) is 19.7 Å². The number of amides is 1. The van der Waals surface area contributed by atoms with Crippen molar-refractivity contribution in [2.75, 3.05) is 11.1 Å². The highest BCUT2D eigenvalue weighted by atomic mass is 19.1. The van der Waals surface area contributed by atoms with Crippen molar-refractivity contribution in [3.05, 3.63) is 53.0 Å². The lowest BCUT2D eigenvalue weighted by atomic mass is 10.1. The number of furan rings is 1. The van der Waals surface area contributed by atoms with Crippen LogP contribution in [0.2, 0.25) is 0 Å². The van der Waals surface area contributed by atoms with E-state index in [1.807, 2.05) is 19.1 Å². The summed E-state index contributed by atoms with van der Waals surface area (Å²) in [5.74, 6) is 0.668. The highest BCUT2D eigenvalue weighted by Gasteiger charge is 2.17. The molecule has 7 heteroatoms. The number of carbonyl (C=O) groups excluding carboxylic acids is 1. The van der Waals surface area contributed by atoms with Gasteiger partial charge in [-0.3, -0.25) is 9.89 Å². The first-order valence-electron chi connectivity index (χ1n) is 6.94. The summed E-state index contributed by atoms with van der Waals surface area (Å²) in [6, 6.07) is 7.28. The van der Waals surface area contributed by atoms with Crippen LogP contribution in [0.4, 0.5) is 15.9 Å². The molecule has 0 fully saturated rings. The lowest BCUT2D eigenvalue weighted by Crippen LogP contribution is -2.15. The fraction of sp³-hybridized carbons (Fsp3) is 0.125. The van der Waals surface area contributed by atoms with Crippen LogP contribution >= 0.6 is 0 Å². The number of rotatable bonds is 3. The van der Waals surface area contributed by atoms with Crippen LogP contribution in [0.15, 0.2) is 34.7 Å². The van der Waals surface area contributed by atoms with Crippen molar-refractivity contribution in [3.8, 4) is 11.5 Å². The molecule has 4 N–H and O–H groups in total. The zero-order chi connectivity index (χ0) is 16.6. The number of hydrogen-bond donors (Lipinski definition) is 3. The van der Waals surface area contributed by atoms with Crippen molar-refractivity contribution >= 4 is 17.4 Å². The number of halogens is 1. The number of benzene rings is 1. The van der Waals surface area contributed by atoms with Crippen molar-refractivity contribution in [3.63, 3.8) is 0 Å². The van der Waals surface area contributed by atoms with Crippen LogP contribution in [-0.2, 0) is 0 Å². The Morgan fingerprint density at radius 1 is 1.30 bits per heavy atom. The number of nitrogen functional groups attached to an aromatic ring is 1. The fourth-order valence-corrected chi connectivity index (χ4v) is 2.23. The number of hydrogen-bond acceptors (Lipinski definition) is 4. The molecular formula is C16H15FN4O2. The Morgan fingerprint density at radius 3 is 2.78 bits per heavy atom. The fourth-order valence-electron chi connectivity index (χ4n) is 2.23. The van der Waals surface area contributed by atoms with Gasteiger partial charge in [-0.1, -0.05) is 0 Å². The van der Waals surface area contributed by atoms with Crippen molar-refractivity contribution < 1.29 is 13.6 Å². The number of carbonyl (C=O) groups is 1. The van der Waals surface area contributed by atoms with E-state index in [2.05, 4.69) is 15.5 Å². The molecule has 0 aliphatic carbocycles. The van der Waals surface area contributed by atoms with Crippen LogP contribution in [0.1, 0.15) is 21.7 Å². The second-order valence-electron chi connectivity index (χ2n) is 5.17. The first-order chi connectivity index (χ1) is 11.0. The molecule has 1 aromatic carbocycles. The minimum Gasteiger partial charge on any atom is -0.460 e. The normalized spacial score (nSPS) is 10.7. The van der Waals surface area contributed by atoms with Gasteiger partial charge in [0, 0.05) is 11.3 Å². The molecule has 0 atom stereocenters. The molecule has 1 amide bonds. The summed E-state index contributed by atoms with van der Waals surface area (Å²) < 4.78 is 18.8. The second kappa shape index (κ2) is 5.60. The third-order valence-electron chi connectivity index (χ3n) is 3.49. The number of aryl methyl sites for hydroxylation is 1. The quantitative estimate of drug-likeness (QED) is 0.646. The van der Waals surface area contributed by atoms with Gasteiger partial charge in [0.1, 0.15) is 17.3 Å². The van der Waals surface area contributed by atoms with Gasteiger partial charge in [-0.05, 0) is 44.2 Å². The lowest BCUT2D eigenvalue weighted by molar-refractivity contribution is 0.102. The second-order valence-corrected chi connectivity index (χ2v) is 5.17. The molecule has 0 saturated heterocycles. The number of aromatic amines is 1. The van der Waals surface area contributed by atoms with E-state index in [1.54, 1.807) is 6.92 Å². The van der Waals surface area contributed by atoms with E-state index < -0.39 is 11.7 Å². The molecule has 0 radical (unpaired) electrons. The van der Waals surface area contributed by atoms with E-state index in [1.165, 1.54) is 12.1 Å². The number of nitrogens with one attached hydrogen (secondary N) is 2. The summed E-state index contributed by atoms with van der Waals surface area (Å²) in [7, 11) is 0. The number of H-pyrrole nitrogens is 1. The van der Waals surface area contributed by atoms with Crippen LogP contribution in [0.5, 0.6) is 0 Å². The molecule has 23 heavy (non-hydrogen) atoms. The van der Waals surface area contributed by atoms with Gasteiger partial charge >= 0.3 is 0 Å². The number of nitrogens with zero attached hydrogens (tertiary/aromatic N) is 1. The van der Waals surface area contributed by atoms with E-state index in [9.17, 15) is 9.18 Å². The van der Waals surface area contributed by atoms with E-state index in [0.29, 0.717) is 22.8 Å². The van der Waals surface area contributed by atoms with Gasteiger partial charge < -0.3 is 15.5 Å². The van der Waals surface area contributed by atoms with Gasteiger partial charge in [-0.15, -0.1) is 0 Å². The maximum Gasteiger partial charge on any atom is 0.259 e. The Bertz CT molecular complexity index is 882. The minimum atomic E-state index is -0.533. The first kappa shape index (κ1) is 14.8. The third-order valence-corrected chi connectivity index (χ3v) is 3.49. The smallest absolute Gasteiger partial charge is 0.259 e. The molecule has 0 unspecified atom stereocenters. The average molecular weight is 314 g/mol. The van der Waals surface area contributed by atoms with Gasteiger partial charge in [0.25, 0.3) is 5.91 Å². The summed E-state index contributed by atoms with van der Waals surface area (Å²) in [6.07, 6.45) is 0. The van der Waals surface area contributed by atoms with Crippen molar-refractivity contribution in [2.45, 2.75) is 13.8 Å². The highest BCUT2D eigenvalue weighted by Crippen LogP contribution is 2.27. The van der Waals surface area contributed by atoms with Crippen molar-refractivity contribution in [1.82, 2.24) is 10.2 Å². The molecule has 0 saturated carbocycles. The maximum absolute atomic E-state index is 13.3. The molecule has 2 aromatic heterocycles. The lowest BCUT2D eigenvalue weighted by Gasteiger charge is -2.06. The molecule has 3 aromatic rings.